The van der Waals surface area contributed by atoms with Gasteiger partial charge in [-0.1, -0.05) is 45.7 Å². The van der Waals surface area contributed by atoms with Crippen LogP contribution in [0.1, 0.15) is 56.0 Å². The van der Waals surface area contributed by atoms with Gasteiger partial charge in [-0.3, -0.25) is 4.79 Å². The summed E-state index contributed by atoms with van der Waals surface area (Å²) in [6.07, 6.45) is 3.83. The summed E-state index contributed by atoms with van der Waals surface area (Å²) in [6.45, 7) is 6.21. The van der Waals surface area contributed by atoms with E-state index >= 15 is 0 Å². The highest BCUT2D eigenvalue weighted by Gasteiger charge is 2.23. The van der Waals surface area contributed by atoms with Gasteiger partial charge in [-0.25, -0.2) is 4.39 Å². The molecule has 16 heavy (non-hydrogen) atoms. The molecule has 0 spiro atoms. The summed E-state index contributed by atoms with van der Waals surface area (Å²) in [5.41, 5.74) is 0.931. The predicted molar refractivity (Wildman–Crippen MR) is 64.3 cm³/mol. The molecule has 0 bridgehead atoms. The highest BCUT2D eigenvalue weighted by atomic mass is 19.1. The molecule has 88 valence electrons. The van der Waals surface area contributed by atoms with E-state index in [1.165, 1.54) is 6.07 Å². The van der Waals surface area contributed by atoms with E-state index in [1.54, 1.807) is 12.1 Å². The quantitative estimate of drug-likeness (QED) is 0.685. The zero-order valence-corrected chi connectivity index (χ0v) is 10.2. The van der Waals surface area contributed by atoms with Gasteiger partial charge < -0.3 is 0 Å². The molecular formula is C14H19FO. The standard InChI is InChI=1S/C14H19FO/c1-4-5-8-14(2,3)12-7-6-11(10-16)9-13(12)15/h6-7,9-10H,4-5,8H2,1-3H3. The summed E-state index contributed by atoms with van der Waals surface area (Å²) < 4.78 is 13.8. The topological polar surface area (TPSA) is 17.1 Å². The monoisotopic (exact) mass is 222 g/mol. The first-order valence-electron chi connectivity index (χ1n) is 5.76. The third-order valence-corrected chi connectivity index (χ3v) is 3.01. The van der Waals surface area contributed by atoms with Gasteiger partial charge in [0.15, 0.2) is 0 Å². The van der Waals surface area contributed by atoms with E-state index in [-0.39, 0.29) is 11.2 Å². The number of rotatable bonds is 5. The normalized spacial score (nSPS) is 11.5. The predicted octanol–water partition coefficient (Wildman–Crippen LogP) is 4.11. The van der Waals surface area contributed by atoms with Crippen LogP contribution in [0.2, 0.25) is 0 Å². The van der Waals surface area contributed by atoms with Crippen molar-refractivity contribution in [1.82, 2.24) is 0 Å². The molecule has 0 unspecified atom stereocenters. The number of hydrogen-bond acceptors (Lipinski definition) is 1. The van der Waals surface area contributed by atoms with Crippen LogP contribution in [-0.2, 0) is 5.41 Å². The fourth-order valence-electron chi connectivity index (χ4n) is 1.91. The molecule has 1 aromatic carbocycles. The van der Waals surface area contributed by atoms with E-state index in [1.807, 2.05) is 13.8 Å². The first kappa shape index (κ1) is 12.9. The Kier molecular flexibility index (Phi) is 4.22. The first-order chi connectivity index (χ1) is 7.51. The molecule has 1 nitrogen and oxygen atoms in total. The molecule has 0 atom stereocenters. The largest absolute Gasteiger partial charge is 0.298 e. The Balaban J connectivity index is 2.98. The zero-order chi connectivity index (χ0) is 12.2. The average Bonchev–Trinajstić information content (AvgIpc) is 2.25. The second-order valence-electron chi connectivity index (χ2n) is 4.84. The van der Waals surface area contributed by atoms with Crippen LogP contribution in [0.15, 0.2) is 18.2 Å². The summed E-state index contributed by atoms with van der Waals surface area (Å²) in [4.78, 5) is 10.5. The van der Waals surface area contributed by atoms with Crippen molar-refractivity contribution in [2.75, 3.05) is 0 Å². The minimum Gasteiger partial charge on any atom is -0.298 e. The van der Waals surface area contributed by atoms with Crippen LogP contribution in [0.25, 0.3) is 0 Å². The van der Waals surface area contributed by atoms with Gasteiger partial charge in [0, 0.05) is 5.56 Å². The Morgan fingerprint density at radius 1 is 1.38 bits per heavy atom. The number of unbranched alkanes of at least 4 members (excludes halogenated alkanes) is 1. The number of hydrogen-bond donors (Lipinski definition) is 0. The Labute approximate surface area is 96.7 Å². The minimum atomic E-state index is -0.272. The maximum atomic E-state index is 13.8. The number of carbonyl (C=O) groups excluding carboxylic acids is 1. The summed E-state index contributed by atoms with van der Waals surface area (Å²) in [6, 6.07) is 4.73. The number of benzene rings is 1. The van der Waals surface area contributed by atoms with Gasteiger partial charge in [0.1, 0.15) is 12.1 Å². The number of aldehydes is 1. The fourth-order valence-corrected chi connectivity index (χ4v) is 1.91. The molecular weight excluding hydrogens is 203 g/mol. The van der Waals surface area contributed by atoms with Crippen molar-refractivity contribution in [2.45, 2.75) is 45.4 Å². The van der Waals surface area contributed by atoms with Crippen LogP contribution in [-0.4, -0.2) is 6.29 Å². The summed E-state index contributed by atoms with van der Waals surface area (Å²) in [5.74, 6) is -0.272. The van der Waals surface area contributed by atoms with Crippen molar-refractivity contribution in [3.63, 3.8) is 0 Å². The second kappa shape index (κ2) is 5.24. The van der Waals surface area contributed by atoms with Crippen molar-refractivity contribution < 1.29 is 9.18 Å². The Bertz CT molecular complexity index is 369. The molecule has 1 rings (SSSR count). The van der Waals surface area contributed by atoms with E-state index in [9.17, 15) is 9.18 Å². The smallest absolute Gasteiger partial charge is 0.150 e. The minimum absolute atomic E-state index is 0.165. The van der Waals surface area contributed by atoms with Crippen molar-refractivity contribution in [2.24, 2.45) is 0 Å². The molecule has 0 aromatic heterocycles. The fraction of sp³-hybridized carbons (Fsp3) is 0.500. The highest BCUT2D eigenvalue weighted by Crippen LogP contribution is 2.31. The molecule has 0 radical (unpaired) electrons. The molecule has 0 amide bonds. The third-order valence-electron chi connectivity index (χ3n) is 3.01. The maximum absolute atomic E-state index is 13.8. The van der Waals surface area contributed by atoms with Gasteiger partial charge >= 0.3 is 0 Å². The lowest BCUT2D eigenvalue weighted by Gasteiger charge is -2.25. The van der Waals surface area contributed by atoms with Crippen LogP contribution in [0.5, 0.6) is 0 Å². The molecule has 0 saturated heterocycles. The molecule has 0 fully saturated rings. The van der Waals surface area contributed by atoms with E-state index in [0.29, 0.717) is 17.4 Å². The molecule has 0 aliphatic carbocycles. The maximum Gasteiger partial charge on any atom is 0.150 e. The molecule has 0 aliphatic heterocycles. The lowest BCUT2D eigenvalue weighted by molar-refractivity contribution is 0.112. The van der Waals surface area contributed by atoms with Gasteiger partial charge in [0.05, 0.1) is 0 Å². The summed E-state index contributed by atoms with van der Waals surface area (Å²) >= 11 is 0. The highest BCUT2D eigenvalue weighted by molar-refractivity contribution is 5.74. The van der Waals surface area contributed by atoms with E-state index < -0.39 is 0 Å². The molecule has 0 heterocycles. The lowest BCUT2D eigenvalue weighted by Crippen LogP contribution is -2.19. The van der Waals surface area contributed by atoms with Gasteiger partial charge in [-0.05, 0) is 23.5 Å². The van der Waals surface area contributed by atoms with Crippen LogP contribution < -0.4 is 0 Å². The van der Waals surface area contributed by atoms with Crippen LogP contribution in [0.4, 0.5) is 4.39 Å². The van der Waals surface area contributed by atoms with Crippen molar-refractivity contribution >= 4 is 6.29 Å². The Morgan fingerprint density at radius 3 is 2.56 bits per heavy atom. The Hall–Kier alpha value is -1.18. The van der Waals surface area contributed by atoms with Gasteiger partial charge in [0.2, 0.25) is 0 Å². The van der Waals surface area contributed by atoms with Crippen LogP contribution in [0.3, 0.4) is 0 Å². The van der Waals surface area contributed by atoms with Gasteiger partial charge in [0.25, 0.3) is 0 Å². The van der Waals surface area contributed by atoms with Crippen LogP contribution in [0, 0.1) is 5.82 Å². The van der Waals surface area contributed by atoms with Crippen molar-refractivity contribution in [3.8, 4) is 0 Å². The zero-order valence-electron chi connectivity index (χ0n) is 10.2. The second-order valence-corrected chi connectivity index (χ2v) is 4.84. The van der Waals surface area contributed by atoms with Crippen molar-refractivity contribution in [1.29, 1.82) is 0 Å². The first-order valence-corrected chi connectivity index (χ1v) is 5.76. The molecule has 2 heteroatoms. The molecule has 1 aromatic rings. The molecule has 0 saturated carbocycles. The molecule has 0 aliphatic rings. The van der Waals surface area contributed by atoms with Gasteiger partial charge in [-0.15, -0.1) is 0 Å². The van der Waals surface area contributed by atoms with Crippen molar-refractivity contribution in [3.05, 3.63) is 35.1 Å². The average molecular weight is 222 g/mol. The Morgan fingerprint density at radius 2 is 2.06 bits per heavy atom. The lowest BCUT2D eigenvalue weighted by atomic mass is 9.79. The SMILES string of the molecule is CCCCC(C)(C)c1ccc(C=O)cc1F. The van der Waals surface area contributed by atoms with E-state index in [0.717, 1.165) is 19.3 Å². The summed E-state index contributed by atoms with van der Waals surface area (Å²) in [5, 5.41) is 0. The summed E-state index contributed by atoms with van der Waals surface area (Å²) in [7, 11) is 0. The van der Waals surface area contributed by atoms with Crippen LogP contribution >= 0.6 is 0 Å². The third kappa shape index (κ3) is 2.91. The molecule has 0 N–H and O–H groups in total. The number of halogens is 1. The van der Waals surface area contributed by atoms with Gasteiger partial charge in [-0.2, -0.15) is 0 Å². The van der Waals surface area contributed by atoms with E-state index in [4.69, 9.17) is 0 Å². The van der Waals surface area contributed by atoms with E-state index in [2.05, 4.69) is 6.92 Å². The number of carbonyl (C=O) groups is 1.